The number of rotatable bonds is 32. The molecule has 1 aliphatic rings. The van der Waals surface area contributed by atoms with E-state index >= 15 is 0 Å². The molecule has 0 saturated heterocycles. The predicted molar refractivity (Wildman–Crippen MR) is 199 cm³/mol. The summed E-state index contributed by atoms with van der Waals surface area (Å²) in [6, 6.07) is 0. The molecule has 0 bridgehead atoms. The van der Waals surface area contributed by atoms with Crippen LogP contribution >= 0.6 is 28.3 Å². The summed E-state index contributed by atoms with van der Waals surface area (Å²) >= 11 is 4.19. The number of aliphatic hydroxyl groups excluding tert-OH is 4. The number of hydrogen-bond donors (Lipinski definition) is 8. The predicted octanol–water partition coefficient (Wildman–Crippen LogP) is 5.02. The number of ether oxygens (including phenoxy) is 2. The molecule has 0 heterocycles. The Labute approximate surface area is 319 Å². The van der Waals surface area contributed by atoms with Crippen molar-refractivity contribution in [1.29, 1.82) is 0 Å². The molecule has 314 valence electrons. The van der Waals surface area contributed by atoms with E-state index < -0.39 is 83.5 Å². The summed E-state index contributed by atoms with van der Waals surface area (Å²) in [4.78, 5) is 53.7. The first kappa shape index (κ1) is 50.4. The zero-order chi connectivity index (χ0) is 39.7. The third kappa shape index (κ3) is 23.9. The third-order valence-corrected chi connectivity index (χ3v) is 10.8. The minimum atomic E-state index is -5.35. The molecule has 16 nitrogen and oxygen atoms in total. The fourth-order valence-corrected chi connectivity index (χ4v) is 7.71. The second kappa shape index (κ2) is 28.7. The number of esters is 2. The number of aliphatic hydroxyl groups is 4. The first-order valence-corrected chi connectivity index (χ1v) is 22.9. The van der Waals surface area contributed by atoms with Gasteiger partial charge in [-0.1, -0.05) is 110 Å². The zero-order valence-corrected chi connectivity index (χ0v) is 33.8. The Morgan fingerprint density at radius 2 is 1.02 bits per heavy atom. The van der Waals surface area contributed by atoms with E-state index in [9.17, 15) is 44.0 Å². The maximum atomic E-state index is 12.9. The Hall–Kier alpha value is -0.650. The molecule has 0 aromatic carbocycles. The van der Waals surface area contributed by atoms with E-state index in [0.717, 1.165) is 63.5 Å². The van der Waals surface area contributed by atoms with Crippen LogP contribution in [0.2, 0.25) is 0 Å². The number of carbonyl (C=O) groups is 2. The fraction of sp³-hybridized carbons (Fsp3) is 0.941. The molecule has 1 fully saturated rings. The van der Waals surface area contributed by atoms with Gasteiger partial charge in [-0.15, -0.1) is 0 Å². The molecular formula is C34H66O16P2S. The summed E-state index contributed by atoms with van der Waals surface area (Å²) in [6.45, 7) is 0.867. The number of hydrogen-bond acceptors (Lipinski definition) is 14. The Kier molecular flexibility index (Phi) is 27.3. The number of phosphoric ester groups is 2. The lowest BCUT2D eigenvalue weighted by Gasteiger charge is -2.43. The Bertz CT molecular complexity index is 1080. The lowest BCUT2D eigenvalue weighted by atomic mass is 9.85. The Morgan fingerprint density at radius 3 is 1.49 bits per heavy atom. The van der Waals surface area contributed by atoms with Gasteiger partial charge in [-0.25, -0.2) is 9.13 Å². The molecular weight excluding hydrogens is 758 g/mol. The number of thiol groups is 1. The van der Waals surface area contributed by atoms with Gasteiger partial charge in [0.1, 0.15) is 43.2 Å². The van der Waals surface area contributed by atoms with Crippen LogP contribution < -0.4 is 0 Å². The highest BCUT2D eigenvalue weighted by Crippen LogP contribution is 2.49. The molecule has 1 saturated carbocycles. The molecule has 1 rings (SSSR count). The summed E-state index contributed by atoms with van der Waals surface area (Å²) in [6.07, 6.45) is 5.45. The van der Waals surface area contributed by atoms with Gasteiger partial charge in [-0.3, -0.25) is 23.2 Å². The van der Waals surface area contributed by atoms with Crippen LogP contribution in [0.15, 0.2) is 0 Å². The van der Waals surface area contributed by atoms with Crippen molar-refractivity contribution in [2.45, 2.75) is 184 Å². The van der Waals surface area contributed by atoms with E-state index in [1.54, 1.807) is 0 Å². The highest BCUT2D eigenvalue weighted by molar-refractivity contribution is 7.80. The maximum Gasteiger partial charge on any atom is 0.472 e. The van der Waals surface area contributed by atoms with E-state index in [4.69, 9.17) is 28.3 Å². The Morgan fingerprint density at radius 1 is 0.585 bits per heavy atom. The monoisotopic (exact) mass is 824 g/mol. The van der Waals surface area contributed by atoms with Crippen LogP contribution in [0.4, 0.5) is 0 Å². The van der Waals surface area contributed by atoms with Crippen LogP contribution in [-0.4, -0.2) is 109 Å². The molecule has 19 heteroatoms. The van der Waals surface area contributed by atoms with Gasteiger partial charge in [0, 0.05) is 12.8 Å². The van der Waals surface area contributed by atoms with Crippen LogP contribution in [0, 0.1) is 0 Å². The second-order valence-electron chi connectivity index (χ2n) is 13.7. The molecule has 0 spiro atoms. The number of unbranched alkanes of at least 4 members (excludes halogenated alkanes) is 17. The molecule has 8 atom stereocenters. The van der Waals surface area contributed by atoms with Crippen molar-refractivity contribution < 1.29 is 76.9 Å². The molecule has 0 aromatic heterocycles. The van der Waals surface area contributed by atoms with Gasteiger partial charge >= 0.3 is 27.6 Å². The van der Waals surface area contributed by atoms with Crippen LogP contribution in [0.25, 0.3) is 0 Å². The summed E-state index contributed by atoms with van der Waals surface area (Å²) in [5.74, 6) is -0.398. The standard InChI is InChI=1S/C34H66O16P2S/c1-2-3-4-5-6-7-8-9-10-11-12-16-19-22-28(36)48-26(24-46-27(35)21-18-15-13-14-17-20-23-53)25-47-52(44,45)50-34-31(39)29(37)30(38)33(32(34)40)49-51(41,42)43/h26,29-34,37-40,53H,2-25H2,1H3,(H,44,45)(H2,41,42,43)/t26-,29+,30?,31?,32-,33-,34?/m1/s1. The first-order chi connectivity index (χ1) is 25.1. The topological polar surface area (TPSA) is 256 Å². The molecule has 7 N–H and O–H groups in total. The Balaban J connectivity index is 2.67. The lowest BCUT2D eigenvalue weighted by molar-refractivity contribution is -0.216. The van der Waals surface area contributed by atoms with Crippen LogP contribution in [-0.2, 0) is 41.8 Å². The van der Waals surface area contributed by atoms with Gasteiger partial charge in [0.25, 0.3) is 0 Å². The molecule has 1 aliphatic carbocycles. The molecule has 0 amide bonds. The largest absolute Gasteiger partial charge is 0.472 e. The van der Waals surface area contributed by atoms with Crippen molar-refractivity contribution in [1.82, 2.24) is 0 Å². The van der Waals surface area contributed by atoms with Crippen LogP contribution in [0.3, 0.4) is 0 Å². The summed E-state index contributed by atoms with van der Waals surface area (Å²) in [5.41, 5.74) is 0. The minimum Gasteiger partial charge on any atom is -0.462 e. The average molecular weight is 825 g/mol. The van der Waals surface area contributed by atoms with Gasteiger partial charge in [-0.2, -0.15) is 12.6 Å². The van der Waals surface area contributed by atoms with Crippen LogP contribution in [0.5, 0.6) is 0 Å². The minimum absolute atomic E-state index is 0.0460. The van der Waals surface area contributed by atoms with E-state index in [1.165, 1.54) is 51.4 Å². The molecule has 0 aromatic rings. The molecule has 4 unspecified atom stereocenters. The van der Waals surface area contributed by atoms with Gasteiger partial charge in [-0.05, 0) is 25.0 Å². The number of phosphoric acid groups is 2. The van der Waals surface area contributed by atoms with E-state index in [2.05, 4.69) is 24.1 Å². The fourth-order valence-electron chi connectivity index (χ4n) is 5.95. The van der Waals surface area contributed by atoms with Crippen molar-refractivity contribution in [2.24, 2.45) is 0 Å². The molecule has 53 heavy (non-hydrogen) atoms. The van der Waals surface area contributed by atoms with Crippen molar-refractivity contribution in [3.63, 3.8) is 0 Å². The SMILES string of the molecule is CCCCCCCCCCCCCCCC(=O)O[C@H](COC(=O)CCCCCCCCS)COP(=O)(O)OC1C(O)[C@@H](O)C(O)[C@@H](OP(=O)(O)O)[C@H]1O. The highest BCUT2D eigenvalue weighted by Gasteiger charge is 2.54. The average Bonchev–Trinajstić information content (AvgIpc) is 3.10. The van der Waals surface area contributed by atoms with Crippen molar-refractivity contribution >= 4 is 40.2 Å². The van der Waals surface area contributed by atoms with Gasteiger partial charge < -0.3 is 44.6 Å². The summed E-state index contributed by atoms with van der Waals surface area (Å²) in [5, 5.41) is 40.9. The zero-order valence-electron chi connectivity index (χ0n) is 31.2. The quantitative estimate of drug-likeness (QED) is 0.0192. The summed E-state index contributed by atoms with van der Waals surface area (Å²) < 4.78 is 48.9. The van der Waals surface area contributed by atoms with Gasteiger partial charge in [0.05, 0.1) is 6.61 Å². The van der Waals surface area contributed by atoms with Gasteiger partial charge in [0.15, 0.2) is 6.10 Å². The van der Waals surface area contributed by atoms with E-state index in [-0.39, 0.29) is 12.8 Å². The first-order valence-electron chi connectivity index (χ1n) is 19.2. The highest BCUT2D eigenvalue weighted by atomic mass is 32.1. The lowest BCUT2D eigenvalue weighted by Crippen LogP contribution is -2.64. The van der Waals surface area contributed by atoms with Crippen molar-refractivity contribution in [3.05, 3.63) is 0 Å². The van der Waals surface area contributed by atoms with Crippen molar-refractivity contribution in [2.75, 3.05) is 19.0 Å². The van der Waals surface area contributed by atoms with Crippen molar-refractivity contribution in [3.8, 4) is 0 Å². The molecule has 0 aliphatic heterocycles. The van der Waals surface area contributed by atoms with Crippen LogP contribution in [0.1, 0.15) is 142 Å². The van der Waals surface area contributed by atoms with E-state index in [1.807, 2.05) is 0 Å². The van der Waals surface area contributed by atoms with Gasteiger partial charge in [0.2, 0.25) is 0 Å². The summed E-state index contributed by atoms with van der Waals surface area (Å²) in [7, 11) is -10.6. The molecule has 0 radical (unpaired) electrons. The number of carbonyl (C=O) groups excluding carboxylic acids is 2. The van der Waals surface area contributed by atoms with E-state index in [0.29, 0.717) is 12.8 Å². The normalized spacial score (nSPS) is 23.7. The second-order valence-corrected chi connectivity index (χ2v) is 16.8. The smallest absolute Gasteiger partial charge is 0.462 e. The third-order valence-electron chi connectivity index (χ3n) is 8.99. The maximum absolute atomic E-state index is 12.9.